The van der Waals surface area contributed by atoms with Gasteiger partial charge in [-0.15, -0.1) is 0 Å². The Morgan fingerprint density at radius 1 is 1.64 bits per heavy atom. The molecule has 74 valence electrons. The molecule has 0 bridgehead atoms. The summed E-state index contributed by atoms with van der Waals surface area (Å²) in [4.78, 5) is 0. The highest BCUT2D eigenvalue weighted by atomic mass is 79.9. The Balaban J connectivity index is 3.34. The first kappa shape index (κ1) is 11.0. The van der Waals surface area contributed by atoms with E-state index in [0.29, 0.717) is 12.0 Å². The van der Waals surface area contributed by atoms with Crippen LogP contribution >= 0.6 is 15.9 Å². The highest BCUT2D eigenvalue weighted by Gasteiger charge is 2.15. The summed E-state index contributed by atoms with van der Waals surface area (Å²) in [5.41, 5.74) is 6.68. The van der Waals surface area contributed by atoms with E-state index in [0.717, 1.165) is 4.47 Å². The lowest BCUT2D eigenvalue weighted by Crippen LogP contribution is -2.10. The second kappa shape index (κ2) is 4.45. The Bertz CT molecular complexity index is 384. The lowest BCUT2D eigenvalue weighted by Gasteiger charge is -2.14. The molecule has 0 amide bonds. The van der Waals surface area contributed by atoms with Crippen LogP contribution < -0.4 is 5.73 Å². The van der Waals surface area contributed by atoms with Crippen LogP contribution in [0.1, 0.15) is 30.5 Å². The summed E-state index contributed by atoms with van der Waals surface area (Å²) in [6.07, 6.45) is 0.709. The fourth-order valence-electron chi connectivity index (χ4n) is 1.23. The molecule has 3 N–H and O–H groups in total. The average molecular weight is 255 g/mol. The smallest absolute Gasteiger partial charge is 0.139 e. The number of benzene rings is 1. The van der Waals surface area contributed by atoms with E-state index in [1.54, 1.807) is 12.1 Å². The van der Waals surface area contributed by atoms with E-state index in [9.17, 15) is 5.11 Å². The van der Waals surface area contributed by atoms with Gasteiger partial charge in [-0.25, -0.2) is 0 Å². The molecule has 0 radical (unpaired) electrons. The summed E-state index contributed by atoms with van der Waals surface area (Å²) in [5.74, 6) is -0.0174. The molecule has 0 aliphatic rings. The fraction of sp³-hybridized carbons (Fsp3) is 0.300. The molecule has 14 heavy (non-hydrogen) atoms. The van der Waals surface area contributed by atoms with Gasteiger partial charge in [-0.2, -0.15) is 5.26 Å². The Hall–Kier alpha value is -1.05. The molecule has 4 heteroatoms. The Morgan fingerprint density at radius 3 is 2.79 bits per heavy atom. The van der Waals surface area contributed by atoms with Crippen LogP contribution in [-0.2, 0) is 0 Å². The van der Waals surface area contributed by atoms with Crippen molar-refractivity contribution in [2.45, 2.75) is 19.4 Å². The van der Waals surface area contributed by atoms with Gasteiger partial charge in [-0.05, 0) is 18.6 Å². The van der Waals surface area contributed by atoms with E-state index in [4.69, 9.17) is 11.0 Å². The molecule has 0 unspecified atom stereocenters. The second-order valence-electron chi connectivity index (χ2n) is 2.98. The fourth-order valence-corrected chi connectivity index (χ4v) is 1.84. The summed E-state index contributed by atoms with van der Waals surface area (Å²) < 4.78 is 0.739. The minimum atomic E-state index is -0.252. The first-order valence-corrected chi connectivity index (χ1v) is 5.08. The third-order valence-electron chi connectivity index (χ3n) is 2.09. The molecule has 0 aromatic heterocycles. The Kier molecular flexibility index (Phi) is 3.50. The maximum atomic E-state index is 9.74. The van der Waals surface area contributed by atoms with Crippen molar-refractivity contribution in [3.05, 3.63) is 27.7 Å². The van der Waals surface area contributed by atoms with Gasteiger partial charge in [0.15, 0.2) is 0 Å². The number of nitrogens with zero attached hydrogens (tertiary/aromatic N) is 1. The third-order valence-corrected chi connectivity index (χ3v) is 2.79. The molecular weight excluding hydrogens is 244 g/mol. The van der Waals surface area contributed by atoms with Gasteiger partial charge in [0, 0.05) is 16.1 Å². The van der Waals surface area contributed by atoms with Crippen molar-refractivity contribution >= 4 is 15.9 Å². The molecule has 0 saturated carbocycles. The summed E-state index contributed by atoms with van der Waals surface area (Å²) in [6, 6.07) is 4.95. The number of halogens is 1. The molecule has 1 rings (SSSR count). The van der Waals surface area contributed by atoms with Gasteiger partial charge in [0.2, 0.25) is 0 Å². The number of phenolic OH excluding ortho intramolecular Hbond substituents is 1. The van der Waals surface area contributed by atoms with E-state index >= 15 is 0 Å². The number of phenols is 1. The van der Waals surface area contributed by atoms with Crippen molar-refractivity contribution in [1.29, 1.82) is 5.26 Å². The lowest BCUT2D eigenvalue weighted by molar-refractivity contribution is 0.457. The number of nitriles is 1. The average Bonchev–Trinajstić information content (AvgIpc) is 2.18. The van der Waals surface area contributed by atoms with E-state index in [1.165, 1.54) is 0 Å². The van der Waals surface area contributed by atoms with Crippen molar-refractivity contribution in [3.8, 4) is 11.8 Å². The summed E-state index contributed by atoms with van der Waals surface area (Å²) in [7, 11) is 0. The molecule has 3 nitrogen and oxygen atoms in total. The Labute approximate surface area is 91.3 Å². The third kappa shape index (κ3) is 1.89. The topological polar surface area (TPSA) is 70.0 Å². The zero-order valence-corrected chi connectivity index (χ0v) is 9.37. The van der Waals surface area contributed by atoms with Crippen LogP contribution in [0.4, 0.5) is 0 Å². The predicted octanol–water partition coefficient (Wildman–Crippen LogP) is 2.44. The molecular formula is C10H11BrN2O. The first-order chi connectivity index (χ1) is 6.61. The molecule has 0 aliphatic carbocycles. The van der Waals surface area contributed by atoms with Crippen molar-refractivity contribution < 1.29 is 5.11 Å². The molecule has 0 spiro atoms. The zero-order chi connectivity index (χ0) is 10.7. The summed E-state index contributed by atoms with van der Waals surface area (Å²) in [6.45, 7) is 1.93. The van der Waals surface area contributed by atoms with E-state index in [1.807, 2.05) is 13.0 Å². The number of hydrogen-bond donors (Lipinski definition) is 2. The van der Waals surface area contributed by atoms with Crippen LogP contribution in [0.3, 0.4) is 0 Å². The van der Waals surface area contributed by atoms with Crippen LogP contribution in [0.25, 0.3) is 0 Å². The molecule has 1 aromatic rings. The van der Waals surface area contributed by atoms with Gasteiger partial charge in [0.05, 0.1) is 5.56 Å². The van der Waals surface area contributed by atoms with Crippen molar-refractivity contribution in [2.24, 2.45) is 5.73 Å². The van der Waals surface area contributed by atoms with Crippen molar-refractivity contribution in [2.75, 3.05) is 0 Å². The standard InChI is InChI=1S/C10H11BrN2O/c1-2-8(13)9-7(11)4-3-6(5-12)10(9)14/h3-4,8,14H,2,13H2,1H3/t8-/m0/s1. The monoisotopic (exact) mass is 254 g/mol. The first-order valence-electron chi connectivity index (χ1n) is 4.28. The van der Waals surface area contributed by atoms with Gasteiger partial charge in [-0.1, -0.05) is 22.9 Å². The van der Waals surface area contributed by atoms with Crippen molar-refractivity contribution in [1.82, 2.24) is 0 Å². The normalized spacial score (nSPS) is 12.1. The quantitative estimate of drug-likeness (QED) is 0.852. The molecule has 1 aromatic carbocycles. The minimum Gasteiger partial charge on any atom is -0.506 e. The second-order valence-corrected chi connectivity index (χ2v) is 3.84. The number of nitrogens with two attached hydrogens (primary N) is 1. The van der Waals surface area contributed by atoms with Crippen LogP contribution in [0.2, 0.25) is 0 Å². The van der Waals surface area contributed by atoms with Crippen molar-refractivity contribution in [3.63, 3.8) is 0 Å². The number of aromatic hydroxyl groups is 1. The molecule has 1 atom stereocenters. The SMILES string of the molecule is CC[C@H](N)c1c(Br)ccc(C#N)c1O. The predicted molar refractivity (Wildman–Crippen MR) is 57.7 cm³/mol. The van der Waals surface area contributed by atoms with Crippen LogP contribution in [0, 0.1) is 11.3 Å². The molecule has 0 saturated heterocycles. The van der Waals surface area contributed by atoms with Gasteiger partial charge in [0.1, 0.15) is 11.8 Å². The van der Waals surface area contributed by atoms with Crippen LogP contribution in [0.5, 0.6) is 5.75 Å². The maximum absolute atomic E-state index is 9.74. The van der Waals surface area contributed by atoms with E-state index < -0.39 is 0 Å². The largest absolute Gasteiger partial charge is 0.506 e. The zero-order valence-electron chi connectivity index (χ0n) is 7.79. The van der Waals surface area contributed by atoms with Crippen LogP contribution in [0.15, 0.2) is 16.6 Å². The molecule has 0 aliphatic heterocycles. The van der Waals surface area contributed by atoms with Gasteiger partial charge >= 0.3 is 0 Å². The molecule has 0 fully saturated rings. The minimum absolute atomic E-state index is 0.0174. The Morgan fingerprint density at radius 2 is 2.29 bits per heavy atom. The highest BCUT2D eigenvalue weighted by Crippen LogP contribution is 2.34. The number of rotatable bonds is 2. The lowest BCUT2D eigenvalue weighted by atomic mass is 10.0. The number of hydrogen-bond acceptors (Lipinski definition) is 3. The maximum Gasteiger partial charge on any atom is 0.139 e. The van der Waals surface area contributed by atoms with Gasteiger partial charge in [0.25, 0.3) is 0 Å². The van der Waals surface area contributed by atoms with Gasteiger partial charge in [-0.3, -0.25) is 0 Å². The van der Waals surface area contributed by atoms with Gasteiger partial charge < -0.3 is 10.8 Å². The highest BCUT2D eigenvalue weighted by molar-refractivity contribution is 9.10. The molecule has 0 heterocycles. The summed E-state index contributed by atoms with van der Waals surface area (Å²) in [5, 5.41) is 18.5. The van der Waals surface area contributed by atoms with Crippen LogP contribution in [-0.4, -0.2) is 5.11 Å². The van der Waals surface area contributed by atoms with E-state index in [-0.39, 0.29) is 17.4 Å². The summed E-state index contributed by atoms with van der Waals surface area (Å²) >= 11 is 3.30. The van der Waals surface area contributed by atoms with E-state index in [2.05, 4.69) is 15.9 Å².